The van der Waals surface area contributed by atoms with Gasteiger partial charge in [0.15, 0.2) is 0 Å². The summed E-state index contributed by atoms with van der Waals surface area (Å²) >= 11 is 9.88. The number of nitrogens with one attached hydrogen (secondary N) is 2. The first kappa shape index (κ1) is 69.3. The molecule has 3 aromatic rings. The minimum atomic E-state index is -3.59. The van der Waals surface area contributed by atoms with E-state index in [-0.39, 0.29) is 50.3 Å². The topological polar surface area (TPSA) is 217 Å². The van der Waals surface area contributed by atoms with E-state index in [4.69, 9.17) is 5.73 Å². The van der Waals surface area contributed by atoms with Gasteiger partial charge in [-0.2, -0.15) is 12.9 Å². The minimum absolute atomic E-state index is 0. The highest BCUT2D eigenvalue weighted by atomic mass is 79.9. The normalized spacial score (nSPS) is 16.2. The number of nitrogens with zero attached hydrogens (tertiary/aromatic N) is 4. The minimum Gasteiger partial charge on any atom is -0.366 e. The second kappa shape index (κ2) is 30.1. The first-order valence-corrected chi connectivity index (χ1v) is 32.2. The molecule has 0 aromatic heterocycles. The largest absolute Gasteiger partial charge is 0.366 e. The summed E-state index contributed by atoms with van der Waals surface area (Å²) in [5, 5.41) is 5.96. The van der Waals surface area contributed by atoms with Gasteiger partial charge in [-0.25, -0.2) is 25.3 Å². The molecule has 4 N–H and O–H groups in total. The Morgan fingerprint density at radius 2 is 0.842 bits per heavy atom. The van der Waals surface area contributed by atoms with Crippen molar-refractivity contribution in [2.75, 3.05) is 73.0 Å². The number of piperidine rings is 3. The smallest absolute Gasteiger partial charge is 0.253 e. The molecule has 0 spiro atoms. The monoisotopic (exact) mass is 1310 g/mol. The zero-order chi connectivity index (χ0) is 56.7. The first-order chi connectivity index (χ1) is 34.6. The highest BCUT2D eigenvalue weighted by Gasteiger charge is 2.32. The summed E-state index contributed by atoms with van der Waals surface area (Å²) in [5.74, 6) is -1.06. The van der Waals surface area contributed by atoms with Crippen LogP contribution in [0.2, 0.25) is 0 Å². The Balaban J connectivity index is 0.000000367. The molecular weight excluding hydrogens is 1230 g/mol. The van der Waals surface area contributed by atoms with Gasteiger partial charge in [-0.15, -0.1) is 0 Å². The van der Waals surface area contributed by atoms with Gasteiger partial charge in [0, 0.05) is 89.5 Å². The molecule has 3 fully saturated rings. The second-order valence-electron chi connectivity index (χ2n) is 22.8. The molecular formula is C54H86Br3N7O9S3. The van der Waals surface area contributed by atoms with Crippen molar-refractivity contribution >= 4 is 95.6 Å². The zero-order valence-electron chi connectivity index (χ0n) is 45.8. The highest BCUT2D eigenvalue weighted by Crippen LogP contribution is 2.32. The number of amides is 3. The van der Waals surface area contributed by atoms with E-state index in [1.54, 1.807) is 36.2 Å². The maximum atomic E-state index is 13.0. The molecule has 6 rings (SSSR count). The molecule has 430 valence electrons. The van der Waals surface area contributed by atoms with Crippen LogP contribution in [0.15, 0.2) is 82.7 Å². The van der Waals surface area contributed by atoms with E-state index in [0.717, 1.165) is 64.3 Å². The van der Waals surface area contributed by atoms with Crippen LogP contribution in [-0.4, -0.2) is 134 Å². The maximum absolute atomic E-state index is 13.0. The number of primary amides is 1. The first-order valence-electron chi connectivity index (χ1n) is 25.5. The number of sulfonamides is 3. The highest BCUT2D eigenvalue weighted by molar-refractivity contribution is 9.11. The standard InChI is InChI=1S/C18H27BrN2O3S.C17H25BrN2O3S.C12H15BrN2O3S.C6H15N.CH4/c1-18(2,3)13-20(4)17(22)14-8-9-15(19)16(12-14)25(23,24)21-10-6-5-7-11-21;1-17(2,3)12-19-16(21)13-7-8-14(18)15(11-13)24(22,23)20-9-5-4-6-10-20;13-10-5-4-9(12(14)16)8-11(10)19(17,18)15-6-2-1-3-7-15;1-6(2,3)5-7-4;/h8-9,12H,5-7,10-11,13H2,1-4H3;7-8,11H,4-6,9-10,12H2,1-3H3,(H,19,21);4-5,8H,1-3,6-7H2,(H2,14,16);7H,5H2,1-4H3;1H4. The van der Waals surface area contributed by atoms with Gasteiger partial charge >= 0.3 is 0 Å². The van der Waals surface area contributed by atoms with Gasteiger partial charge in [0.1, 0.15) is 0 Å². The van der Waals surface area contributed by atoms with Crippen molar-refractivity contribution < 1.29 is 39.6 Å². The summed E-state index contributed by atoms with van der Waals surface area (Å²) in [6.07, 6.45) is 8.41. The van der Waals surface area contributed by atoms with Crippen molar-refractivity contribution in [3.05, 3.63) is 84.7 Å². The van der Waals surface area contributed by atoms with Crippen LogP contribution < -0.4 is 16.4 Å². The fourth-order valence-electron chi connectivity index (χ4n) is 8.25. The Labute approximate surface area is 482 Å². The molecule has 3 amide bonds. The maximum Gasteiger partial charge on any atom is 0.253 e. The van der Waals surface area contributed by atoms with E-state index in [9.17, 15) is 39.6 Å². The third kappa shape index (κ3) is 21.7. The van der Waals surface area contributed by atoms with Gasteiger partial charge in [0.05, 0.1) is 14.7 Å². The summed E-state index contributed by atoms with van der Waals surface area (Å²) < 4.78 is 82.6. The number of benzene rings is 3. The molecule has 0 bridgehead atoms. The van der Waals surface area contributed by atoms with Gasteiger partial charge < -0.3 is 21.3 Å². The number of hydrogen-bond acceptors (Lipinski definition) is 10. The summed E-state index contributed by atoms with van der Waals surface area (Å²) in [5.41, 5.74) is 6.52. The van der Waals surface area contributed by atoms with Crippen LogP contribution in [0.3, 0.4) is 0 Å². The van der Waals surface area contributed by atoms with Crippen LogP contribution in [0.1, 0.15) is 159 Å². The van der Waals surface area contributed by atoms with Crippen molar-refractivity contribution in [1.82, 2.24) is 28.4 Å². The van der Waals surface area contributed by atoms with Crippen LogP contribution in [-0.2, 0) is 30.1 Å². The summed E-state index contributed by atoms with van der Waals surface area (Å²) in [4.78, 5) is 38.3. The predicted octanol–water partition coefficient (Wildman–Crippen LogP) is 10.8. The summed E-state index contributed by atoms with van der Waals surface area (Å²) in [6, 6.07) is 13.9. The van der Waals surface area contributed by atoms with Gasteiger partial charge in [0.25, 0.3) is 11.8 Å². The molecule has 16 nitrogen and oxygen atoms in total. The van der Waals surface area contributed by atoms with E-state index < -0.39 is 36.0 Å². The van der Waals surface area contributed by atoms with Crippen LogP contribution in [0, 0.1) is 16.2 Å². The molecule has 0 saturated carbocycles. The lowest BCUT2D eigenvalue weighted by Gasteiger charge is -2.28. The molecule has 3 aliphatic heterocycles. The SMILES string of the molecule is C.CC(C)(C)CNC(=O)c1ccc(Br)c(S(=O)(=O)N2CCCCC2)c1.CN(CC(C)(C)C)C(=O)c1ccc(Br)c(S(=O)(=O)N2CCCCC2)c1.CNCC(C)(C)C.NC(=O)c1ccc(Br)c(S(=O)(=O)N2CCCCC2)c1. The van der Waals surface area contributed by atoms with Gasteiger partial charge in [-0.05, 0) is 171 Å². The Morgan fingerprint density at radius 3 is 1.14 bits per heavy atom. The molecule has 0 atom stereocenters. The van der Waals surface area contributed by atoms with Crippen molar-refractivity contribution in [3.8, 4) is 0 Å². The average molecular weight is 1310 g/mol. The Kier molecular flexibility index (Phi) is 27.5. The fraction of sp³-hybridized carbons (Fsp3) is 0.611. The number of carbonyl (C=O) groups is 3. The third-order valence-corrected chi connectivity index (χ3v) is 20.6. The molecule has 3 aromatic carbocycles. The molecule has 0 radical (unpaired) electrons. The summed E-state index contributed by atoms with van der Waals surface area (Å²) in [7, 11) is -7.03. The quantitative estimate of drug-likeness (QED) is 0.156. The Hall–Kier alpha value is -2.80. The average Bonchev–Trinajstić information content (AvgIpc) is 3.33. The van der Waals surface area contributed by atoms with Crippen molar-refractivity contribution in [1.29, 1.82) is 0 Å². The van der Waals surface area contributed by atoms with Crippen LogP contribution in [0.4, 0.5) is 0 Å². The lowest BCUT2D eigenvalue weighted by molar-refractivity contribution is 0.0745. The fourth-order valence-corrected chi connectivity index (χ4v) is 15.6. The van der Waals surface area contributed by atoms with Gasteiger partial charge in [0.2, 0.25) is 36.0 Å². The molecule has 3 saturated heterocycles. The van der Waals surface area contributed by atoms with E-state index in [0.29, 0.717) is 82.3 Å². The Morgan fingerprint density at radius 1 is 0.526 bits per heavy atom. The summed E-state index contributed by atoms with van der Waals surface area (Å²) in [6.45, 7) is 24.3. The van der Waals surface area contributed by atoms with Crippen LogP contribution in [0.5, 0.6) is 0 Å². The van der Waals surface area contributed by atoms with Gasteiger partial charge in [-0.3, -0.25) is 14.4 Å². The number of hydrogen-bond donors (Lipinski definition) is 3. The third-order valence-electron chi connectivity index (χ3n) is 11.9. The number of nitrogens with two attached hydrogens (primary N) is 1. The zero-order valence-corrected chi connectivity index (χ0v) is 53.0. The molecule has 3 aliphatic rings. The van der Waals surface area contributed by atoms with Crippen molar-refractivity contribution in [2.45, 2.75) is 142 Å². The number of rotatable bonds is 12. The van der Waals surface area contributed by atoms with E-state index in [1.165, 1.54) is 43.2 Å². The van der Waals surface area contributed by atoms with Crippen molar-refractivity contribution in [3.63, 3.8) is 0 Å². The molecule has 76 heavy (non-hydrogen) atoms. The number of halogens is 3. The van der Waals surface area contributed by atoms with Crippen LogP contribution in [0.25, 0.3) is 0 Å². The lowest BCUT2D eigenvalue weighted by atomic mass is 9.96. The van der Waals surface area contributed by atoms with E-state index in [1.807, 2.05) is 27.8 Å². The Bertz CT molecular complexity index is 2740. The molecule has 0 aliphatic carbocycles. The van der Waals surface area contributed by atoms with E-state index >= 15 is 0 Å². The lowest BCUT2D eigenvalue weighted by Crippen LogP contribution is -2.36. The predicted molar refractivity (Wildman–Crippen MR) is 317 cm³/mol. The second-order valence-corrected chi connectivity index (χ2v) is 31.0. The van der Waals surface area contributed by atoms with E-state index in [2.05, 4.69) is 100.0 Å². The number of carbonyl (C=O) groups excluding carboxylic acids is 3. The molecule has 0 unspecified atom stereocenters. The molecule has 3 heterocycles. The van der Waals surface area contributed by atoms with Crippen LogP contribution >= 0.6 is 47.8 Å². The van der Waals surface area contributed by atoms with Crippen molar-refractivity contribution in [2.24, 2.45) is 22.0 Å². The molecule has 22 heteroatoms. The van der Waals surface area contributed by atoms with Gasteiger partial charge in [-0.1, -0.05) is 89.0 Å².